The Labute approximate surface area is 138 Å². The maximum Gasteiger partial charge on any atom is 0.234 e. The smallest absolute Gasteiger partial charge is 0.187 e. The Kier molecular flexibility index (Phi) is 3.42. The average Bonchev–Trinajstić information content (AvgIpc) is 3.10. The van der Waals surface area contributed by atoms with Crippen LogP contribution in [0, 0.1) is 13.8 Å². The summed E-state index contributed by atoms with van der Waals surface area (Å²) in [4.78, 5) is 0.839. The number of hydrogen-bond acceptors (Lipinski definition) is 4. The zero-order valence-corrected chi connectivity index (χ0v) is 13.8. The molecule has 4 nitrogen and oxygen atoms in total. The average molecular weight is 320 g/mol. The zero-order valence-electron chi connectivity index (χ0n) is 13.0. The molecule has 0 aliphatic rings. The van der Waals surface area contributed by atoms with Gasteiger partial charge in [0, 0.05) is 12.0 Å². The third-order valence-corrected chi connectivity index (χ3v) is 4.80. The molecular formula is C18H16N4S. The Hall–Kier alpha value is -2.53. The monoisotopic (exact) mass is 320 g/mol. The van der Waals surface area contributed by atoms with E-state index in [-0.39, 0.29) is 0 Å². The molecule has 0 N–H and O–H groups in total. The summed E-state index contributed by atoms with van der Waals surface area (Å²) in [6, 6.07) is 16.7. The SMILES string of the molecule is Cc1ccc(-c2nn3c(Cc4ccccc4)nnc3s2)c(C)c1. The Morgan fingerprint density at radius 2 is 1.83 bits per heavy atom. The van der Waals surface area contributed by atoms with E-state index in [0.29, 0.717) is 0 Å². The zero-order chi connectivity index (χ0) is 15.8. The highest BCUT2D eigenvalue weighted by Crippen LogP contribution is 2.28. The molecule has 4 aromatic rings. The van der Waals surface area contributed by atoms with E-state index in [1.807, 2.05) is 22.7 Å². The van der Waals surface area contributed by atoms with Crippen LogP contribution in [0.1, 0.15) is 22.5 Å². The quantitative estimate of drug-likeness (QED) is 0.572. The van der Waals surface area contributed by atoms with Crippen molar-refractivity contribution in [2.75, 3.05) is 0 Å². The molecule has 0 atom stereocenters. The standard InChI is InChI=1S/C18H16N4S/c1-12-8-9-15(13(2)10-12)17-21-22-16(19-20-18(22)23-17)11-14-6-4-3-5-7-14/h3-10H,11H2,1-2H3. The van der Waals surface area contributed by atoms with Gasteiger partial charge in [-0.25, -0.2) is 0 Å². The summed E-state index contributed by atoms with van der Waals surface area (Å²) in [5, 5.41) is 14.3. The number of aryl methyl sites for hydroxylation is 2. The van der Waals surface area contributed by atoms with Crippen LogP contribution in [-0.2, 0) is 6.42 Å². The van der Waals surface area contributed by atoms with Crippen molar-refractivity contribution >= 4 is 16.3 Å². The summed E-state index contributed by atoms with van der Waals surface area (Å²) in [7, 11) is 0. The fourth-order valence-electron chi connectivity index (χ4n) is 2.71. The lowest BCUT2D eigenvalue weighted by Crippen LogP contribution is -1.97. The molecular weight excluding hydrogens is 304 g/mol. The van der Waals surface area contributed by atoms with Crippen molar-refractivity contribution in [3.05, 3.63) is 71.0 Å². The lowest BCUT2D eigenvalue weighted by molar-refractivity contribution is 0.854. The number of aromatic nitrogens is 4. The summed E-state index contributed by atoms with van der Waals surface area (Å²) < 4.78 is 1.87. The molecule has 0 bridgehead atoms. The molecule has 5 heteroatoms. The molecule has 0 aliphatic carbocycles. The van der Waals surface area contributed by atoms with Crippen LogP contribution in [-0.4, -0.2) is 19.8 Å². The largest absolute Gasteiger partial charge is 0.234 e. The van der Waals surface area contributed by atoms with Gasteiger partial charge in [0.15, 0.2) is 5.82 Å². The van der Waals surface area contributed by atoms with Crippen LogP contribution in [0.15, 0.2) is 48.5 Å². The van der Waals surface area contributed by atoms with Crippen LogP contribution in [0.2, 0.25) is 0 Å². The van der Waals surface area contributed by atoms with Crippen LogP contribution in [0.3, 0.4) is 0 Å². The van der Waals surface area contributed by atoms with E-state index in [4.69, 9.17) is 5.10 Å². The number of benzene rings is 2. The summed E-state index contributed by atoms with van der Waals surface area (Å²) in [6.07, 6.45) is 0.734. The van der Waals surface area contributed by atoms with Crippen LogP contribution < -0.4 is 0 Å². The van der Waals surface area contributed by atoms with Crippen LogP contribution >= 0.6 is 11.3 Å². The minimum absolute atomic E-state index is 0.734. The van der Waals surface area contributed by atoms with Crippen molar-refractivity contribution < 1.29 is 0 Å². The van der Waals surface area contributed by atoms with Crippen molar-refractivity contribution in [2.45, 2.75) is 20.3 Å². The molecule has 2 aromatic carbocycles. The second-order valence-corrected chi connectivity index (χ2v) is 6.65. The predicted molar refractivity (Wildman–Crippen MR) is 92.8 cm³/mol. The van der Waals surface area contributed by atoms with Crippen molar-refractivity contribution in [3.63, 3.8) is 0 Å². The first kappa shape index (κ1) is 14.1. The molecule has 0 saturated heterocycles. The van der Waals surface area contributed by atoms with Gasteiger partial charge in [-0.2, -0.15) is 9.61 Å². The van der Waals surface area contributed by atoms with Crippen LogP contribution in [0.5, 0.6) is 0 Å². The van der Waals surface area contributed by atoms with Gasteiger partial charge in [0.05, 0.1) is 0 Å². The second kappa shape index (κ2) is 5.59. The molecule has 0 saturated carbocycles. The van der Waals surface area contributed by atoms with Gasteiger partial charge < -0.3 is 0 Å². The maximum absolute atomic E-state index is 4.74. The molecule has 0 spiro atoms. The second-order valence-electron chi connectivity index (χ2n) is 5.70. The van der Waals surface area contributed by atoms with Crippen molar-refractivity contribution in [1.29, 1.82) is 0 Å². The number of nitrogens with zero attached hydrogens (tertiary/aromatic N) is 4. The topological polar surface area (TPSA) is 43.1 Å². The third-order valence-electron chi connectivity index (χ3n) is 3.87. The minimum atomic E-state index is 0.734. The molecule has 0 amide bonds. The highest BCUT2D eigenvalue weighted by molar-refractivity contribution is 7.19. The van der Waals surface area contributed by atoms with Gasteiger partial charge in [-0.15, -0.1) is 10.2 Å². The van der Waals surface area contributed by atoms with Crippen molar-refractivity contribution in [2.24, 2.45) is 0 Å². The van der Waals surface area contributed by atoms with Gasteiger partial charge in [-0.1, -0.05) is 65.4 Å². The Bertz CT molecular complexity index is 969. The van der Waals surface area contributed by atoms with Gasteiger partial charge in [0.25, 0.3) is 0 Å². The summed E-state index contributed by atoms with van der Waals surface area (Å²) in [5.41, 5.74) is 4.87. The maximum atomic E-state index is 4.74. The highest BCUT2D eigenvalue weighted by atomic mass is 32.1. The first-order valence-corrected chi connectivity index (χ1v) is 8.35. The van der Waals surface area contributed by atoms with E-state index >= 15 is 0 Å². The lowest BCUT2D eigenvalue weighted by atomic mass is 10.1. The molecule has 0 radical (unpaired) electrons. The van der Waals surface area contributed by atoms with E-state index in [2.05, 4.69) is 54.4 Å². The Morgan fingerprint density at radius 1 is 1.00 bits per heavy atom. The molecule has 0 fully saturated rings. The summed E-state index contributed by atoms with van der Waals surface area (Å²) >= 11 is 1.58. The third kappa shape index (κ3) is 2.64. The Morgan fingerprint density at radius 3 is 2.61 bits per heavy atom. The fourth-order valence-corrected chi connectivity index (χ4v) is 3.66. The van der Waals surface area contributed by atoms with Gasteiger partial charge in [-0.3, -0.25) is 0 Å². The van der Waals surface area contributed by atoms with Crippen LogP contribution in [0.4, 0.5) is 0 Å². The first-order chi connectivity index (χ1) is 11.2. The van der Waals surface area contributed by atoms with Gasteiger partial charge in [0.1, 0.15) is 5.01 Å². The fraction of sp³-hybridized carbons (Fsp3) is 0.167. The van der Waals surface area contributed by atoms with E-state index in [0.717, 1.165) is 27.8 Å². The van der Waals surface area contributed by atoms with Gasteiger partial charge in [0.2, 0.25) is 4.96 Å². The summed E-state index contributed by atoms with van der Waals surface area (Å²) in [6.45, 7) is 4.23. The molecule has 2 heterocycles. The van der Waals surface area contributed by atoms with Gasteiger partial charge in [-0.05, 0) is 25.0 Å². The van der Waals surface area contributed by atoms with E-state index in [1.165, 1.54) is 16.7 Å². The molecule has 2 aromatic heterocycles. The van der Waals surface area contributed by atoms with E-state index < -0.39 is 0 Å². The number of rotatable bonds is 3. The lowest BCUT2D eigenvalue weighted by Gasteiger charge is -2.02. The summed E-state index contributed by atoms with van der Waals surface area (Å²) in [5.74, 6) is 0.874. The highest BCUT2D eigenvalue weighted by Gasteiger charge is 2.14. The predicted octanol–water partition coefficient (Wildman–Crippen LogP) is 4.06. The normalized spacial score (nSPS) is 11.2. The van der Waals surface area contributed by atoms with E-state index in [1.54, 1.807) is 11.3 Å². The Balaban J connectivity index is 1.74. The molecule has 114 valence electrons. The minimum Gasteiger partial charge on any atom is -0.187 e. The van der Waals surface area contributed by atoms with Crippen molar-refractivity contribution in [3.8, 4) is 10.6 Å². The number of fused-ring (bicyclic) bond motifs is 1. The molecule has 23 heavy (non-hydrogen) atoms. The van der Waals surface area contributed by atoms with E-state index in [9.17, 15) is 0 Å². The first-order valence-electron chi connectivity index (χ1n) is 7.53. The number of hydrogen-bond donors (Lipinski definition) is 0. The molecule has 0 unspecified atom stereocenters. The van der Waals surface area contributed by atoms with Crippen LogP contribution in [0.25, 0.3) is 15.5 Å². The molecule has 0 aliphatic heterocycles. The molecule has 4 rings (SSSR count). The van der Waals surface area contributed by atoms with Crippen molar-refractivity contribution in [1.82, 2.24) is 19.8 Å². The van der Waals surface area contributed by atoms with Gasteiger partial charge >= 0.3 is 0 Å².